The van der Waals surface area contributed by atoms with Crippen molar-refractivity contribution < 1.29 is 10.0 Å². The van der Waals surface area contributed by atoms with Crippen LogP contribution < -0.4 is 0 Å². The van der Waals surface area contributed by atoms with Crippen molar-refractivity contribution in [2.75, 3.05) is 0 Å². The summed E-state index contributed by atoms with van der Waals surface area (Å²) in [6.45, 7) is -0.210. The molecule has 6 heteroatoms. The molecule has 0 saturated heterocycles. The third kappa shape index (κ3) is 2.76. The Labute approximate surface area is 124 Å². The summed E-state index contributed by atoms with van der Waals surface area (Å²) in [5, 5.41) is 22.1. The number of aliphatic hydroxyl groups excluding tert-OH is 1. The zero-order chi connectivity index (χ0) is 14.8. The van der Waals surface area contributed by atoms with Crippen molar-refractivity contribution in [3.05, 3.63) is 64.2 Å². The second kappa shape index (κ2) is 5.59. The molecule has 0 amide bonds. The number of nitrogens with one attached hydrogen (secondary N) is 1. The third-order valence-corrected chi connectivity index (χ3v) is 4.13. The molecule has 5 nitrogen and oxygen atoms in total. The van der Waals surface area contributed by atoms with Crippen LogP contribution in [0.2, 0.25) is 0 Å². The van der Waals surface area contributed by atoms with Gasteiger partial charge in [-0.25, -0.2) is 0 Å². The SMILES string of the molecule is O=[N+]([O-])c1cc(CO)ccc1Sc1cc2ccccc2[nH]1. The summed E-state index contributed by atoms with van der Waals surface area (Å²) >= 11 is 1.31. The lowest BCUT2D eigenvalue weighted by Gasteiger charge is -2.03. The lowest BCUT2D eigenvalue weighted by Crippen LogP contribution is -1.93. The van der Waals surface area contributed by atoms with Crippen molar-refractivity contribution in [1.29, 1.82) is 0 Å². The predicted molar refractivity (Wildman–Crippen MR) is 81.4 cm³/mol. The van der Waals surface area contributed by atoms with Gasteiger partial charge < -0.3 is 10.1 Å². The lowest BCUT2D eigenvalue weighted by molar-refractivity contribution is -0.387. The Morgan fingerprint density at radius 2 is 2.00 bits per heavy atom. The van der Waals surface area contributed by atoms with Crippen molar-refractivity contribution in [3.63, 3.8) is 0 Å². The van der Waals surface area contributed by atoms with Gasteiger partial charge in [-0.2, -0.15) is 0 Å². The number of hydrogen-bond donors (Lipinski definition) is 2. The number of fused-ring (bicyclic) bond motifs is 1. The van der Waals surface area contributed by atoms with Gasteiger partial charge in [-0.1, -0.05) is 36.0 Å². The summed E-state index contributed by atoms with van der Waals surface area (Å²) in [5.74, 6) is 0. The van der Waals surface area contributed by atoms with E-state index in [1.54, 1.807) is 12.1 Å². The maximum atomic E-state index is 11.2. The molecule has 0 fully saturated rings. The van der Waals surface area contributed by atoms with E-state index in [1.165, 1.54) is 17.8 Å². The number of hydrogen-bond acceptors (Lipinski definition) is 4. The first-order valence-corrected chi connectivity index (χ1v) is 7.13. The van der Waals surface area contributed by atoms with Gasteiger partial charge in [0.2, 0.25) is 0 Å². The quantitative estimate of drug-likeness (QED) is 0.568. The normalized spacial score (nSPS) is 10.9. The highest BCUT2D eigenvalue weighted by molar-refractivity contribution is 7.99. The summed E-state index contributed by atoms with van der Waals surface area (Å²) in [4.78, 5) is 14.5. The average Bonchev–Trinajstić information content (AvgIpc) is 2.89. The van der Waals surface area contributed by atoms with Crippen LogP contribution in [0.5, 0.6) is 0 Å². The minimum absolute atomic E-state index is 0.00482. The van der Waals surface area contributed by atoms with E-state index in [0.717, 1.165) is 15.9 Å². The van der Waals surface area contributed by atoms with Crippen molar-refractivity contribution >= 4 is 28.4 Å². The number of para-hydroxylation sites is 1. The Bertz CT molecular complexity index is 781. The minimum Gasteiger partial charge on any atom is -0.392 e. The minimum atomic E-state index is -0.426. The van der Waals surface area contributed by atoms with Gasteiger partial charge in [0, 0.05) is 17.0 Å². The molecule has 0 aliphatic carbocycles. The fourth-order valence-electron chi connectivity index (χ4n) is 2.11. The van der Waals surface area contributed by atoms with Gasteiger partial charge in [0.15, 0.2) is 0 Å². The number of aromatic nitrogens is 1. The molecule has 21 heavy (non-hydrogen) atoms. The molecule has 3 aromatic rings. The van der Waals surface area contributed by atoms with E-state index in [1.807, 2.05) is 30.3 Å². The van der Waals surface area contributed by atoms with E-state index in [9.17, 15) is 10.1 Å². The molecule has 106 valence electrons. The first-order chi connectivity index (χ1) is 10.2. The fourth-order valence-corrected chi connectivity index (χ4v) is 3.07. The summed E-state index contributed by atoms with van der Waals surface area (Å²) in [7, 11) is 0. The number of nitrogens with zero attached hydrogens (tertiary/aromatic N) is 1. The van der Waals surface area contributed by atoms with Crippen LogP contribution in [0.25, 0.3) is 10.9 Å². The molecule has 1 aromatic heterocycles. The zero-order valence-electron chi connectivity index (χ0n) is 10.9. The van der Waals surface area contributed by atoms with Gasteiger partial charge in [0.05, 0.1) is 21.5 Å². The highest BCUT2D eigenvalue weighted by Gasteiger charge is 2.16. The maximum Gasteiger partial charge on any atom is 0.283 e. The number of H-pyrrole nitrogens is 1. The van der Waals surface area contributed by atoms with E-state index in [2.05, 4.69) is 4.98 Å². The van der Waals surface area contributed by atoms with Crippen LogP contribution in [-0.4, -0.2) is 15.0 Å². The Morgan fingerprint density at radius 1 is 1.19 bits per heavy atom. The molecule has 0 bridgehead atoms. The number of nitro benzene ring substituents is 1. The second-order valence-electron chi connectivity index (χ2n) is 4.54. The van der Waals surface area contributed by atoms with Crippen molar-refractivity contribution in [2.45, 2.75) is 16.5 Å². The number of benzene rings is 2. The molecule has 0 saturated carbocycles. The van der Waals surface area contributed by atoms with Gasteiger partial charge in [-0.15, -0.1) is 0 Å². The number of aromatic amines is 1. The number of rotatable bonds is 4. The molecule has 2 N–H and O–H groups in total. The van der Waals surface area contributed by atoms with Crippen LogP contribution >= 0.6 is 11.8 Å². The van der Waals surface area contributed by atoms with Gasteiger partial charge in [0.1, 0.15) is 0 Å². The third-order valence-electron chi connectivity index (χ3n) is 3.13. The van der Waals surface area contributed by atoms with Crippen LogP contribution in [0.15, 0.2) is 58.5 Å². The van der Waals surface area contributed by atoms with Gasteiger partial charge in [-0.3, -0.25) is 10.1 Å². The van der Waals surface area contributed by atoms with E-state index < -0.39 is 4.92 Å². The van der Waals surface area contributed by atoms with Gasteiger partial charge in [-0.05, 0) is 23.8 Å². The Hall–Kier alpha value is -2.31. The molecule has 0 aliphatic rings. The van der Waals surface area contributed by atoms with E-state index in [4.69, 9.17) is 5.11 Å². The molecule has 0 atom stereocenters. The van der Waals surface area contributed by atoms with Gasteiger partial charge >= 0.3 is 0 Å². The molecular formula is C15H12N2O3S. The van der Waals surface area contributed by atoms with Crippen LogP contribution in [0, 0.1) is 10.1 Å². The van der Waals surface area contributed by atoms with Crippen molar-refractivity contribution in [2.24, 2.45) is 0 Å². The number of aliphatic hydroxyl groups is 1. The molecule has 1 heterocycles. The second-order valence-corrected chi connectivity index (χ2v) is 5.62. The molecule has 0 spiro atoms. The van der Waals surface area contributed by atoms with E-state index >= 15 is 0 Å². The Kier molecular flexibility index (Phi) is 3.64. The molecule has 3 rings (SSSR count). The maximum absolute atomic E-state index is 11.2. The lowest BCUT2D eigenvalue weighted by atomic mass is 10.2. The van der Waals surface area contributed by atoms with Crippen LogP contribution in [0.1, 0.15) is 5.56 Å². The van der Waals surface area contributed by atoms with Crippen LogP contribution in [0.4, 0.5) is 5.69 Å². The van der Waals surface area contributed by atoms with Crippen molar-refractivity contribution in [3.8, 4) is 0 Å². The predicted octanol–water partition coefficient (Wildman–Crippen LogP) is 3.72. The van der Waals surface area contributed by atoms with Gasteiger partial charge in [0.25, 0.3) is 5.69 Å². The molecule has 0 aliphatic heterocycles. The largest absolute Gasteiger partial charge is 0.392 e. The van der Waals surface area contributed by atoms with Crippen LogP contribution in [0.3, 0.4) is 0 Å². The van der Waals surface area contributed by atoms with Crippen LogP contribution in [-0.2, 0) is 6.61 Å². The summed E-state index contributed by atoms with van der Waals surface area (Å²) in [5.41, 5.74) is 1.53. The smallest absolute Gasteiger partial charge is 0.283 e. The zero-order valence-corrected chi connectivity index (χ0v) is 11.8. The highest BCUT2D eigenvalue weighted by atomic mass is 32.2. The summed E-state index contributed by atoms with van der Waals surface area (Å²) in [6.07, 6.45) is 0. The van der Waals surface area contributed by atoms with Crippen molar-refractivity contribution in [1.82, 2.24) is 4.98 Å². The molecular weight excluding hydrogens is 288 g/mol. The number of nitro groups is 1. The highest BCUT2D eigenvalue weighted by Crippen LogP contribution is 2.36. The monoisotopic (exact) mass is 300 g/mol. The van der Waals surface area contributed by atoms with E-state index in [-0.39, 0.29) is 12.3 Å². The fraction of sp³-hybridized carbons (Fsp3) is 0.0667. The molecule has 0 unspecified atom stereocenters. The average molecular weight is 300 g/mol. The topological polar surface area (TPSA) is 79.2 Å². The summed E-state index contributed by atoms with van der Waals surface area (Å²) in [6, 6.07) is 14.6. The Balaban J connectivity index is 1.98. The van der Waals surface area contributed by atoms with E-state index in [0.29, 0.717) is 10.5 Å². The molecule has 2 aromatic carbocycles. The summed E-state index contributed by atoms with van der Waals surface area (Å²) < 4.78 is 0. The Morgan fingerprint density at radius 3 is 2.71 bits per heavy atom. The first-order valence-electron chi connectivity index (χ1n) is 6.31. The molecule has 0 radical (unpaired) electrons. The first kappa shape index (κ1) is 13.7. The standard InChI is InChI=1S/C15H12N2O3S/c18-9-10-5-6-14(13(7-10)17(19)20)21-15-8-11-3-1-2-4-12(11)16-15/h1-8,16,18H,9H2.